The Morgan fingerprint density at radius 3 is 2.56 bits per heavy atom. The highest BCUT2D eigenvalue weighted by Gasteiger charge is 2.40. The third kappa shape index (κ3) is 4.76. The molecule has 1 heterocycles. The Morgan fingerprint density at radius 2 is 1.75 bits per heavy atom. The van der Waals surface area contributed by atoms with Gasteiger partial charge >= 0.3 is 5.97 Å². The van der Waals surface area contributed by atoms with Gasteiger partial charge in [0.15, 0.2) is 6.61 Å². The molecule has 0 bridgehead atoms. The number of carbonyl (C=O) groups excluding carboxylic acids is 3. The lowest BCUT2D eigenvalue weighted by molar-refractivity contribution is -0.156. The van der Waals surface area contributed by atoms with Crippen molar-refractivity contribution in [3.05, 3.63) is 58.1 Å². The normalized spacial score (nSPS) is 19.9. The van der Waals surface area contributed by atoms with Gasteiger partial charge in [0.2, 0.25) is 5.91 Å². The fraction of sp³-hybridized carbons (Fsp3) is 0.375. The average molecular weight is 475 g/mol. The monoisotopic (exact) mass is 474 g/mol. The molecule has 2 aliphatic rings. The molecule has 2 atom stereocenters. The number of ether oxygens (including phenoxy) is 1. The minimum absolute atomic E-state index is 0.0354. The number of hydrogen-bond donors (Lipinski definition) is 1. The van der Waals surface area contributed by atoms with E-state index in [-0.39, 0.29) is 10.9 Å². The summed E-state index contributed by atoms with van der Waals surface area (Å²) in [6.45, 7) is 0.172. The zero-order valence-corrected chi connectivity index (χ0v) is 19.0. The summed E-state index contributed by atoms with van der Waals surface area (Å²) in [6, 6.07) is 12.7. The highest BCUT2D eigenvalue weighted by Crippen LogP contribution is 2.36. The molecular formula is C24H24Cl2N2O4. The molecule has 1 fully saturated rings. The smallest absolute Gasteiger partial charge is 0.310 e. The molecule has 2 aromatic rings. The zero-order valence-electron chi connectivity index (χ0n) is 17.5. The summed E-state index contributed by atoms with van der Waals surface area (Å²) < 4.78 is 5.30. The van der Waals surface area contributed by atoms with Crippen molar-refractivity contribution in [2.45, 2.75) is 32.1 Å². The number of hydrogen-bond acceptors (Lipinski definition) is 4. The van der Waals surface area contributed by atoms with Crippen molar-refractivity contribution in [3.8, 4) is 0 Å². The van der Waals surface area contributed by atoms with E-state index in [1.807, 2.05) is 24.3 Å². The first-order valence-corrected chi connectivity index (χ1v) is 11.5. The van der Waals surface area contributed by atoms with Crippen LogP contribution in [0.15, 0.2) is 42.5 Å². The zero-order chi connectivity index (χ0) is 22.7. The van der Waals surface area contributed by atoms with Crippen molar-refractivity contribution in [1.82, 2.24) is 0 Å². The SMILES string of the molecule is O=C(COC(=O)[C@@H]1CCCC[C@@H]1C(=O)N1CCc2ccccc21)Nc1cccc(Cl)c1Cl. The number of benzene rings is 2. The molecule has 1 aliphatic carbocycles. The van der Waals surface area contributed by atoms with Gasteiger partial charge in [-0.15, -0.1) is 0 Å². The Kier molecular flexibility index (Phi) is 7.01. The maximum Gasteiger partial charge on any atom is 0.310 e. The number of esters is 1. The van der Waals surface area contributed by atoms with Crippen LogP contribution in [0.4, 0.5) is 11.4 Å². The Bertz CT molecular complexity index is 1040. The molecule has 0 spiro atoms. The van der Waals surface area contributed by atoms with Crippen LogP contribution in [0.2, 0.25) is 10.0 Å². The molecule has 1 saturated carbocycles. The van der Waals surface area contributed by atoms with Crippen LogP contribution in [-0.4, -0.2) is 30.9 Å². The summed E-state index contributed by atoms with van der Waals surface area (Å²) in [4.78, 5) is 40.2. The topological polar surface area (TPSA) is 75.7 Å². The number of anilines is 2. The van der Waals surface area contributed by atoms with Gasteiger partial charge in [-0.2, -0.15) is 0 Å². The number of nitrogens with one attached hydrogen (secondary N) is 1. The van der Waals surface area contributed by atoms with Crippen LogP contribution in [0.1, 0.15) is 31.2 Å². The maximum atomic E-state index is 13.3. The summed E-state index contributed by atoms with van der Waals surface area (Å²) >= 11 is 12.0. The van der Waals surface area contributed by atoms with E-state index in [9.17, 15) is 14.4 Å². The highest BCUT2D eigenvalue weighted by molar-refractivity contribution is 6.44. The van der Waals surface area contributed by atoms with E-state index >= 15 is 0 Å². The lowest BCUT2D eigenvalue weighted by Crippen LogP contribution is -2.42. The maximum absolute atomic E-state index is 13.3. The van der Waals surface area contributed by atoms with Crippen LogP contribution >= 0.6 is 23.2 Å². The van der Waals surface area contributed by atoms with Gasteiger partial charge in [-0.1, -0.05) is 60.3 Å². The lowest BCUT2D eigenvalue weighted by atomic mass is 9.78. The molecule has 0 radical (unpaired) electrons. The molecule has 4 rings (SSSR count). The van der Waals surface area contributed by atoms with Crippen molar-refractivity contribution in [2.75, 3.05) is 23.4 Å². The molecule has 2 aromatic carbocycles. The first-order chi connectivity index (χ1) is 15.5. The molecule has 1 N–H and O–H groups in total. The van der Waals surface area contributed by atoms with E-state index < -0.39 is 30.3 Å². The fourth-order valence-corrected chi connectivity index (χ4v) is 4.85. The standard InChI is InChI=1S/C24H24Cl2N2O4/c25-18-9-5-10-19(22(18)26)27-21(29)14-32-24(31)17-8-3-2-7-16(17)23(30)28-13-12-15-6-1-4-11-20(15)28/h1,4-6,9-11,16-17H,2-3,7-8,12-14H2,(H,27,29)/t16-,17+/m0/s1. The van der Waals surface area contributed by atoms with E-state index in [0.29, 0.717) is 30.1 Å². The molecule has 168 valence electrons. The van der Waals surface area contributed by atoms with Crippen LogP contribution in [-0.2, 0) is 25.5 Å². The van der Waals surface area contributed by atoms with E-state index in [4.69, 9.17) is 27.9 Å². The fourth-order valence-electron chi connectivity index (χ4n) is 4.51. The van der Waals surface area contributed by atoms with Crippen molar-refractivity contribution >= 4 is 52.4 Å². The van der Waals surface area contributed by atoms with E-state index in [0.717, 1.165) is 30.5 Å². The van der Waals surface area contributed by atoms with Crippen molar-refractivity contribution < 1.29 is 19.1 Å². The van der Waals surface area contributed by atoms with Crippen LogP contribution in [0, 0.1) is 11.8 Å². The summed E-state index contributed by atoms with van der Waals surface area (Å²) in [7, 11) is 0. The third-order valence-corrected chi connectivity index (χ3v) is 6.93. The van der Waals surface area contributed by atoms with Gasteiger partial charge in [-0.05, 0) is 43.0 Å². The summed E-state index contributed by atoms with van der Waals surface area (Å²) in [5.74, 6) is -2.05. The van der Waals surface area contributed by atoms with E-state index in [1.165, 1.54) is 0 Å². The second-order valence-electron chi connectivity index (χ2n) is 8.12. The largest absolute Gasteiger partial charge is 0.455 e. The molecule has 32 heavy (non-hydrogen) atoms. The number of fused-ring (bicyclic) bond motifs is 1. The van der Waals surface area contributed by atoms with Crippen molar-refractivity contribution in [2.24, 2.45) is 11.8 Å². The molecular weight excluding hydrogens is 451 g/mol. The Labute approximate surface area is 196 Å². The van der Waals surface area contributed by atoms with Gasteiger partial charge in [-0.25, -0.2) is 0 Å². The van der Waals surface area contributed by atoms with Crippen LogP contribution in [0.25, 0.3) is 0 Å². The van der Waals surface area contributed by atoms with Gasteiger partial charge in [0.05, 0.1) is 27.6 Å². The summed E-state index contributed by atoms with van der Waals surface area (Å²) in [6.07, 6.45) is 3.78. The van der Waals surface area contributed by atoms with Crippen LogP contribution in [0.3, 0.4) is 0 Å². The number of halogens is 2. The van der Waals surface area contributed by atoms with Crippen molar-refractivity contribution in [1.29, 1.82) is 0 Å². The van der Waals surface area contributed by atoms with Gasteiger partial charge in [0.25, 0.3) is 5.91 Å². The van der Waals surface area contributed by atoms with E-state index in [2.05, 4.69) is 5.32 Å². The average Bonchev–Trinajstić information content (AvgIpc) is 3.24. The highest BCUT2D eigenvalue weighted by atomic mass is 35.5. The second kappa shape index (κ2) is 9.92. The summed E-state index contributed by atoms with van der Waals surface area (Å²) in [5.41, 5.74) is 2.42. The lowest BCUT2D eigenvalue weighted by Gasteiger charge is -2.32. The van der Waals surface area contributed by atoms with Gasteiger partial charge in [0, 0.05) is 12.2 Å². The predicted octanol–water partition coefficient (Wildman–Crippen LogP) is 4.87. The first kappa shape index (κ1) is 22.6. The van der Waals surface area contributed by atoms with E-state index in [1.54, 1.807) is 23.1 Å². The molecule has 2 amide bonds. The predicted molar refractivity (Wildman–Crippen MR) is 124 cm³/mol. The molecule has 0 aromatic heterocycles. The first-order valence-electron chi connectivity index (χ1n) is 10.8. The molecule has 0 unspecified atom stereocenters. The summed E-state index contributed by atoms with van der Waals surface area (Å²) in [5, 5.41) is 3.12. The van der Waals surface area contributed by atoms with Gasteiger partial charge in [0.1, 0.15) is 0 Å². The number of carbonyl (C=O) groups is 3. The minimum atomic E-state index is -0.549. The van der Waals surface area contributed by atoms with Gasteiger partial charge < -0.3 is 15.0 Å². The number of para-hydroxylation sites is 1. The van der Waals surface area contributed by atoms with Gasteiger partial charge in [-0.3, -0.25) is 14.4 Å². The Balaban J connectivity index is 1.38. The van der Waals surface area contributed by atoms with Crippen LogP contribution < -0.4 is 10.2 Å². The second-order valence-corrected chi connectivity index (χ2v) is 8.91. The van der Waals surface area contributed by atoms with Crippen LogP contribution in [0.5, 0.6) is 0 Å². The molecule has 1 aliphatic heterocycles. The quantitative estimate of drug-likeness (QED) is 0.627. The number of amides is 2. The minimum Gasteiger partial charge on any atom is -0.455 e. The number of nitrogens with zero attached hydrogens (tertiary/aromatic N) is 1. The Morgan fingerprint density at radius 1 is 1.00 bits per heavy atom. The molecule has 0 saturated heterocycles. The number of rotatable bonds is 5. The van der Waals surface area contributed by atoms with Crippen molar-refractivity contribution in [3.63, 3.8) is 0 Å². The third-order valence-electron chi connectivity index (χ3n) is 6.11. The Hall–Kier alpha value is -2.57. The molecule has 8 heteroatoms. The molecule has 6 nitrogen and oxygen atoms in total.